The quantitative estimate of drug-likeness (QED) is 0.687. The van der Waals surface area contributed by atoms with Gasteiger partial charge in [-0.05, 0) is 18.1 Å². The summed E-state index contributed by atoms with van der Waals surface area (Å²) in [7, 11) is 0. The van der Waals surface area contributed by atoms with E-state index in [4.69, 9.17) is 0 Å². The second kappa shape index (κ2) is 9.34. The van der Waals surface area contributed by atoms with Crippen LogP contribution in [0.2, 0.25) is 0 Å². The predicted molar refractivity (Wildman–Crippen MR) is 91.7 cm³/mol. The van der Waals surface area contributed by atoms with E-state index in [1.54, 1.807) is 12.5 Å². The molecule has 0 saturated heterocycles. The molecular weight excluding hydrogens is 306 g/mol. The molecule has 1 aromatic heterocycles. The molecule has 24 heavy (non-hydrogen) atoms. The van der Waals surface area contributed by atoms with Gasteiger partial charge in [0.25, 0.3) is 0 Å². The first kappa shape index (κ1) is 17.5. The Morgan fingerprint density at radius 1 is 1.12 bits per heavy atom. The van der Waals surface area contributed by atoms with E-state index >= 15 is 0 Å². The second-order valence-electron chi connectivity index (χ2n) is 5.31. The number of benzene rings is 1. The average molecular weight is 329 g/mol. The molecule has 0 spiro atoms. The molecule has 0 aliphatic carbocycles. The van der Waals surface area contributed by atoms with Gasteiger partial charge in [-0.3, -0.25) is 4.79 Å². The van der Waals surface area contributed by atoms with Crippen LogP contribution in [-0.4, -0.2) is 34.6 Å². The number of hydrogen-bond donors (Lipinski definition) is 3. The summed E-state index contributed by atoms with van der Waals surface area (Å²) in [5, 5.41) is 8.25. The van der Waals surface area contributed by atoms with E-state index in [1.807, 2.05) is 42.0 Å². The fourth-order valence-corrected chi connectivity index (χ4v) is 2.19. The Balaban J connectivity index is 1.77. The van der Waals surface area contributed by atoms with Gasteiger partial charge < -0.3 is 20.5 Å². The molecule has 2 rings (SSSR count). The first-order valence-corrected chi connectivity index (χ1v) is 8.05. The Labute approximate surface area is 141 Å². The maximum Gasteiger partial charge on any atom is 0.315 e. The Morgan fingerprint density at radius 2 is 1.96 bits per heavy atom. The minimum absolute atomic E-state index is 0.0531. The van der Waals surface area contributed by atoms with Crippen molar-refractivity contribution in [3.63, 3.8) is 0 Å². The van der Waals surface area contributed by atoms with Gasteiger partial charge in [0.1, 0.15) is 0 Å². The highest BCUT2D eigenvalue weighted by Crippen LogP contribution is 2.13. The van der Waals surface area contributed by atoms with Crippen LogP contribution in [0.4, 0.5) is 4.79 Å². The summed E-state index contributed by atoms with van der Waals surface area (Å²) in [4.78, 5) is 27.3. The van der Waals surface area contributed by atoms with E-state index in [2.05, 4.69) is 20.9 Å². The molecule has 128 valence electrons. The van der Waals surface area contributed by atoms with Crippen LogP contribution in [0, 0.1) is 0 Å². The fourth-order valence-electron chi connectivity index (χ4n) is 2.19. The minimum atomic E-state index is -0.293. The predicted octanol–water partition coefficient (Wildman–Crippen LogP) is 1.59. The van der Waals surface area contributed by atoms with Crippen LogP contribution in [0.1, 0.15) is 25.3 Å². The van der Waals surface area contributed by atoms with Crippen LogP contribution in [0.15, 0.2) is 43.0 Å². The first-order valence-electron chi connectivity index (χ1n) is 8.05. The normalized spacial score (nSPS) is 10.2. The van der Waals surface area contributed by atoms with E-state index in [9.17, 15) is 9.59 Å². The molecule has 0 radical (unpaired) electrons. The summed E-state index contributed by atoms with van der Waals surface area (Å²) in [5.41, 5.74) is 1.94. The highest BCUT2D eigenvalue weighted by atomic mass is 16.2. The van der Waals surface area contributed by atoms with E-state index in [0.717, 1.165) is 17.7 Å². The topological polar surface area (TPSA) is 88.0 Å². The number of para-hydroxylation sites is 1. The molecule has 0 atom stereocenters. The zero-order chi connectivity index (χ0) is 17.2. The van der Waals surface area contributed by atoms with Crippen LogP contribution in [0.5, 0.6) is 0 Å². The molecule has 0 saturated carbocycles. The minimum Gasteiger partial charge on any atom is -0.356 e. The Bertz CT molecular complexity index is 655. The number of carbonyl (C=O) groups is 2. The second-order valence-corrected chi connectivity index (χ2v) is 5.31. The van der Waals surface area contributed by atoms with Crippen molar-refractivity contribution in [2.75, 3.05) is 13.1 Å². The van der Waals surface area contributed by atoms with Gasteiger partial charge in [0.2, 0.25) is 5.91 Å². The molecule has 0 aliphatic heterocycles. The van der Waals surface area contributed by atoms with Crippen LogP contribution in [-0.2, 0) is 11.3 Å². The van der Waals surface area contributed by atoms with Crippen molar-refractivity contribution in [2.45, 2.75) is 26.3 Å². The zero-order valence-electron chi connectivity index (χ0n) is 13.8. The highest BCUT2D eigenvalue weighted by Gasteiger charge is 2.06. The molecule has 0 unspecified atom stereocenters. The molecule has 1 aromatic carbocycles. The summed E-state index contributed by atoms with van der Waals surface area (Å²) in [6.45, 7) is 3.36. The summed E-state index contributed by atoms with van der Waals surface area (Å²) in [5.74, 6) is -0.0531. The molecule has 7 heteroatoms. The van der Waals surface area contributed by atoms with E-state index < -0.39 is 0 Å². The summed E-state index contributed by atoms with van der Waals surface area (Å²) in [6.07, 6.45) is 6.46. The molecule has 3 N–H and O–H groups in total. The van der Waals surface area contributed by atoms with Gasteiger partial charge in [0, 0.05) is 38.4 Å². The first-order chi connectivity index (χ1) is 11.7. The molecule has 2 aromatic rings. The Morgan fingerprint density at radius 3 is 2.71 bits per heavy atom. The lowest BCUT2D eigenvalue weighted by Gasteiger charge is -2.12. The molecule has 3 amide bonds. The third-order valence-electron chi connectivity index (χ3n) is 3.42. The maximum atomic E-state index is 11.8. The van der Waals surface area contributed by atoms with Crippen molar-refractivity contribution in [2.24, 2.45) is 0 Å². The fraction of sp³-hybridized carbons (Fsp3) is 0.353. The summed E-state index contributed by atoms with van der Waals surface area (Å²) >= 11 is 0. The number of urea groups is 1. The van der Waals surface area contributed by atoms with Crippen molar-refractivity contribution >= 4 is 11.9 Å². The average Bonchev–Trinajstić information content (AvgIpc) is 3.13. The smallest absolute Gasteiger partial charge is 0.315 e. The monoisotopic (exact) mass is 329 g/mol. The number of imidazole rings is 1. The third-order valence-corrected chi connectivity index (χ3v) is 3.42. The van der Waals surface area contributed by atoms with E-state index in [-0.39, 0.29) is 18.4 Å². The lowest BCUT2D eigenvalue weighted by molar-refractivity contribution is -0.120. The lowest BCUT2D eigenvalue weighted by atomic mass is 10.1. The summed E-state index contributed by atoms with van der Waals surface area (Å²) in [6, 6.07) is 7.49. The SMILES string of the molecule is CCCNC(=O)CCNC(=O)NCc1ccccc1-n1ccnc1. The number of nitrogens with one attached hydrogen (secondary N) is 3. The van der Waals surface area contributed by atoms with Crippen molar-refractivity contribution in [1.29, 1.82) is 0 Å². The largest absolute Gasteiger partial charge is 0.356 e. The van der Waals surface area contributed by atoms with Gasteiger partial charge >= 0.3 is 6.03 Å². The molecule has 0 fully saturated rings. The van der Waals surface area contributed by atoms with Gasteiger partial charge in [-0.25, -0.2) is 9.78 Å². The number of nitrogens with zero attached hydrogens (tertiary/aromatic N) is 2. The number of aromatic nitrogens is 2. The van der Waals surface area contributed by atoms with Gasteiger partial charge in [-0.2, -0.15) is 0 Å². The molecular formula is C17H23N5O2. The number of amides is 3. The van der Waals surface area contributed by atoms with Gasteiger partial charge in [-0.1, -0.05) is 25.1 Å². The zero-order valence-corrected chi connectivity index (χ0v) is 13.8. The van der Waals surface area contributed by atoms with Crippen molar-refractivity contribution in [3.8, 4) is 5.69 Å². The molecule has 1 heterocycles. The van der Waals surface area contributed by atoms with Crippen LogP contribution >= 0.6 is 0 Å². The van der Waals surface area contributed by atoms with Crippen LogP contribution < -0.4 is 16.0 Å². The number of rotatable bonds is 8. The van der Waals surface area contributed by atoms with Crippen molar-refractivity contribution < 1.29 is 9.59 Å². The van der Waals surface area contributed by atoms with Crippen LogP contribution in [0.25, 0.3) is 5.69 Å². The van der Waals surface area contributed by atoms with Crippen LogP contribution in [0.3, 0.4) is 0 Å². The Hall–Kier alpha value is -2.83. The Kier molecular flexibility index (Phi) is 6.82. The third kappa shape index (κ3) is 5.42. The maximum absolute atomic E-state index is 11.8. The summed E-state index contributed by atoms with van der Waals surface area (Å²) < 4.78 is 1.90. The lowest BCUT2D eigenvalue weighted by Crippen LogP contribution is -2.37. The van der Waals surface area contributed by atoms with Gasteiger partial charge in [0.05, 0.1) is 12.0 Å². The molecule has 7 nitrogen and oxygen atoms in total. The highest BCUT2D eigenvalue weighted by molar-refractivity contribution is 5.78. The number of carbonyl (C=O) groups excluding carboxylic acids is 2. The molecule has 0 aliphatic rings. The molecule has 0 bridgehead atoms. The van der Waals surface area contributed by atoms with Gasteiger partial charge in [-0.15, -0.1) is 0 Å². The van der Waals surface area contributed by atoms with Gasteiger partial charge in [0.15, 0.2) is 0 Å². The van der Waals surface area contributed by atoms with E-state index in [0.29, 0.717) is 19.6 Å². The van der Waals surface area contributed by atoms with Crippen molar-refractivity contribution in [3.05, 3.63) is 48.5 Å². The van der Waals surface area contributed by atoms with Crippen molar-refractivity contribution in [1.82, 2.24) is 25.5 Å². The number of hydrogen-bond acceptors (Lipinski definition) is 3. The standard InChI is InChI=1S/C17H23N5O2/c1-2-8-19-16(23)7-9-20-17(24)21-12-14-5-3-4-6-15(14)22-11-10-18-13-22/h3-6,10-11,13H,2,7-9,12H2,1H3,(H,19,23)(H2,20,21,24). The van der Waals surface area contributed by atoms with E-state index in [1.165, 1.54) is 0 Å².